The van der Waals surface area contributed by atoms with Gasteiger partial charge in [-0.2, -0.15) is 0 Å². The topological polar surface area (TPSA) is 80.8 Å². The largest absolute Gasteiger partial charge is 0.493 e. The number of nitrogens with zero attached hydrogens (tertiary/aromatic N) is 2. The number of carbonyl (C=O) groups is 2. The van der Waals surface area contributed by atoms with E-state index in [0.717, 1.165) is 30.5 Å². The van der Waals surface area contributed by atoms with Gasteiger partial charge in [0.05, 0.1) is 26.5 Å². The van der Waals surface area contributed by atoms with Gasteiger partial charge in [-0.25, -0.2) is 4.98 Å². The summed E-state index contributed by atoms with van der Waals surface area (Å²) in [7, 11) is 3.17. The van der Waals surface area contributed by atoms with E-state index >= 15 is 0 Å². The average Bonchev–Trinajstić information content (AvgIpc) is 3.04. The molecule has 0 aliphatic carbocycles. The number of hydrogen-bond donors (Lipinski definition) is 1. The summed E-state index contributed by atoms with van der Waals surface area (Å²) in [6.07, 6.45) is 3.40. The Hall–Kier alpha value is -2.61. The maximum atomic E-state index is 12.3. The van der Waals surface area contributed by atoms with Crippen molar-refractivity contribution >= 4 is 28.3 Å². The van der Waals surface area contributed by atoms with Crippen molar-refractivity contribution in [2.24, 2.45) is 0 Å². The molecule has 8 heteroatoms. The van der Waals surface area contributed by atoms with E-state index in [1.165, 1.54) is 11.3 Å². The SMILES string of the molecule is COc1ccc(-c2csc(NC(=O)CN3CCCCCC3=O)n2)cc1OC. The molecule has 0 saturated carbocycles. The second-order valence-electron chi connectivity index (χ2n) is 6.28. The third kappa shape index (κ3) is 4.77. The molecule has 0 atom stereocenters. The molecule has 27 heavy (non-hydrogen) atoms. The smallest absolute Gasteiger partial charge is 0.245 e. The van der Waals surface area contributed by atoms with Crippen molar-refractivity contribution in [3.8, 4) is 22.8 Å². The van der Waals surface area contributed by atoms with Crippen LogP contribution in [0, 0.1) is 0 Å². The Morgan fingerprint density at radius 1 is 1.22 bits per heavy atom. The van der Waals surface area contributed by atoms with Gasteiger partial charge in [0.2, 0.25) is 11.8 Å². The van der Waals surface area contributed by atoms with Crippen LogP contribution in [0.2, 0.25) is 0 Å². The molecular formula is C19H23N3O4S. The molecule has 1 N–H and O–H groups in total. The molecule has 1 saturated heterocycles. The van der Waals surface area contributed by atoms with E-state index in [2.05, 4.69) is 10.3 Å². The van der Waals surface area contributed by atoms with E-state index < -0.39 is 0 Å². The fourth-order valence-electron chi connectivity index (χ4n) is 3.00. The van der Waals surface area contributed by atoms with Crippen LogP contribution in [0.5, 0.6) is 11.5 Å². The van der Waals surface area contributed by atoms with Crippen LogP contribution in [-0.4, -0.2) is 49.0 Å². The Morgan fingerprint density at radius 3 is 2.81 bits per heavy atom. The predicted molar refractivity (Wildman–Crippen MR) is 104 cm³/mol. The first-order chi connectivity index (χ1) is 13.1. The average molecular weight is 389 g/mol. The van der Waals surface area contributed by atoms with Crippen LogP contribution in [0.3, 0.4) is 0 Å². The van der Waals surface area contributed by atoms with Gasteiger partial charge in [0.25, 0.3) is 0 Å². The third-order valence-corrected chi connectivity index (χ3v) is 5.19. The Labute approximate surface area is 162 Å². The highest BCUT2D eigenvalue weighted by atomic mass is 32.1. The molecule has 3 rings (SSSR count). The van der Waals surface area contributed by atoms with Crippen molar-refractivity contribution < 1.29 is 19.1 Å². The number of aromatic nitrogens is 1. The molecule has 1 fully saturated rings. The van der Waals surface area contributed by atoms with E-state index in [0.29, 0.717) is 29.6 Å². The summed E-state index contributed by atoms with van der Waals surface area (Å²) >= 11 is 1.34. The summed E-state index contributed by atoms with van der Waals surface area (Å²) in [4.78, 5) is 30.4. The van der Waals surface area contributed by atoms with Gasteiger partial charge in [-0.3, -0.25) is 9.59 Å². The molecular weight excluding hydrogens is 366 g/mol. The minimum Gasteiger partial charge on any atom is -0.493 e. The Balaban J connectivity index is 1.65. The van der Waals surface area contributed by atoms with Gasteiger partial charge in [-0.15, -0.1) is 11.3 Å². The van der Waals surface area contributed by atoms with Crippen LogP contribution in [0.1, 0.15) is 25.7 Å². The summed E-state index contributed by atoms with van der Waals surface area (Å²) in [6.45, 7) is 0.713. The molecule has 144 valence electrons. The Kier molecular flexibility index (Phi) is 6.28. The van der Waals surface area contributed by atoms with Gasteiger partial charge < -0.3 is 19.7 Å². The first kappa shape index (κ1) is 19.2. The van der Waals surface area contributed by atoms with Gasteiger partial charge in [-0.1, -0.05) is 6.42 Å². The van der Waals surface area contributed by atoms with Crippen LogP contribution in [0.15, 0.2) is 23.6 Å². The molecule has 1 aliphatic heterocycles. The first-order valence-electron chi connectivity index (χ1n) is 8.86. The van der Waals surface area contributed by atoms with E-state index in [9.17, 15) is 9.59 Å². The highest BCUT2D eigenvalue weighted by Gasteiger charge is 2.20. The molecule has 0 bridgehead atoms. The molecule has 0 spiro atoms. The minimum absolute atomic E-state index is 0.0489. The molecule has 7 nitrogen and oxygen atoms in total. The van der Waals surface area contributed by atoms with E-state index in [4.69, 9.17) is 9.47 Å². The fraction of sp³-hybridized carbons (Fsp3) is 0.421. The van der Waals surface area contributed by atoms with E-state index in [1.54, 1.807) is 19.1 Å². The molecule has 1 aromatic carbocycles. The number of ether oxygens (including phenoxy) is 2. The van der Waals surface area contributed by atoms with Crippen molar-refractivity contribution in [2.45, 2.75) is 25.7 Å². The number of carbonyl (C=O) groups excluding carboxylic acids is 2. The molecule has 2 heterocycles. The normalized spacial score (nSPS) is 14.6. The number of thiazole rings is 1. The lowest BCUT2D eigenvalue weighted by atomic mass is 10.1. The van der Waals surface area contributed by atoms with Crippen LogP contribution in [0.4, 0.5) is 5.13 Å². The number of nitrogens with one attached hydrogen (secondary N) is 1. The number of benzene rings is 1. The number of methoxy groups -OCH3 is 2. The maximum absolute atomic E-state index is 12.3. The molecule has 2 amide bonds. The number of likely N-dealkylation sites (tertiary alicyclic amines) is 1. The summed E-state index contributed by atoms with van der Waals surface area (Å²) in [6, 6.07) is 5.55. The molecule has 1 aromatic heterocycles. The summed E-state index contributed by atoms with van der Waals surface area (Å²) < 4.78 is 10.6. The zero-order chi connectivity index (χ0) is 19.2. The van der Waals surface area contributed by atoms with Crippen molar-refractivity contribution in [3.05, 3.63) is 23.6 Å². The molecule has 0 radical (unpaired) electrons. The quantitative estimate of drug-likeness (QED) is 0.821. The van der Waals surface area contributed by atoms with Crippen LogP contribution >= 0.6 is 11.3 Å². The fourth-order valence-corrected chi connectivity index (χ4v) is 3.73. The highest BCUT2D eigenvalue weighted by Crippen LogP contribution is 2.33. The second-order valence-corrected chi connectivity index (χ2v) is 7.14. The predicted octanol–water partition coefficient (Wildman–Crippen LogP) is 3.17. The van der Waals surface area contributed by atoms with Crippen LogP contribution < -0.4 is 14.8 Å². The monoisotopic (exact) mass is 389 g/mol. The van der Waals surface area contributed by atoms with Crippen LogP contribution in [0.25, 0.3) is 11.3 Å². The van der Waals surface area contributed by atoms with Gasteiger partial charge >= 0.3 is 0 Å². The van der Waals surface area contributed by atoms with E-state index in [1.807, 2.05) is 23.6 Å². The Morgan fingerprint density at radius 2 is 2.04 bits per heavy atom. The lowest BCUT2D eigenvalue weighted by Crippen LogP contribution is -2.37. The van der Waals surface area contributed by atoms with Gasteiger partial charge in [0.1, 0.15) is 0 Å². The molecule has 0 unspecified atom stereocenters. The van der Waals surface area contributed by atoms with Gasteiger partial charge in [-0.05, 0) is 31.0 Å². The minimum atomic E-state index is -0.224. The first-order valence-corrected chi connectivity index (χ1v) is 9.74. The standard InChI is InChI=1S/C19H23N3O4S/c1-25-15-8-7-13(10-16(15)26-2)14-12-27-19(20-14)21-17(23)11-22-9-5-3-4-6-18(22)24/h7-8,10,12H,3-6,9,11H2,1-2H3,(H,20,21,23). The third-order valence-electron chi connectivity index (χ3n) is 4.44. The van der Waals surface area contributed by atoms with Crippen molar-refractivity contribution in [1.29, 1.82) is 0 Å². The van der Waals surface area contributed by atoms with Gasteiger partial charge in [0.15, 0.2) is 16.6 Å². The van der Waals surface area contributed by atoms with Crippen molar-refractivity contribution in [2.75, 3.05) is 32.6 Å². The molecule has 2 aromatic rings. The zero-order valence-corrected chi connectivity index (χ0v) is 16.3. The Bertz CT molecular complexity index is 821. The maximum Gasteiger partial charge on any atom is 0.245 e. The lowest BCUT2D eigenvalue weighted by Gasteiger charge is -2.19. The summed E-state index contributed by atoms with van der Waals surface area (Å²) in [5, 5.41) is 5.17. The van der Waals surface area contributed by atoms with Crippen molar-refractivity contribution in [1.82, 2.24) is 9.88 Å². The number of hydrogen-bond acceptors (Lipinski definition) is 6. The van der Waals surface area contributed by atoms with Gasteiger partial charge in [0, 0.05) is 23.9 Å². The summed E-state index contributed by atoms with van der Waals surface area (Å²) in [5.74, 6) is 1.09. The zero-order valence-electron chi connectivity index (χ0n) is 15.5. The molecule has 1 aliphatic rings. The second kappa shape index (κ2) is 8.85. The number of rotatable bonds is 6. The van der Waals surface area contributed by atoms with E-state index in [-0.39, 0.29) is 18.4 Å². The van der Waals surface area contributed by atoms with Crippen LogP contribution in [-0.2, 0) is 9.59 Å². The highest BCUT2D eigenvalue weighted by molar-refractivity contribution is 7.14. The number of anilines is 1. The number of amides is 2. The van der Waals surface area contributed by atoms with Crippen molar-refractivity contribution in [3.63, 3.8) is 0 Å². The summed E-state index contributed by atoms with van der Waals surface area (Å²) in [5.41, 5.74) is 1.61. The lowest BCUT2D eigenvalue weighted by molar-refractivity contribution is -0.134.